The lowest BCUT2D eigenvalue weighted by Crippen LogP contribution is -2.15. The van der Waals surface area contributed by atoms with E-state index in [2.05, 4.69) is 0 Å². The number of nitrogen functional groups attached to an aromatic ring is 1. The van der Waals surface area contributed by atoms with E-state index >= 15 is 0 Å². The van der Waals surface area contributed by atoms with Crippen LogP contribution in [0.5, 0.6) is 5.75 Å². The first-order chi connectivity index (χ1) is 9.69. The number of nitrogens with two attached hydrogens (primary N) is 1. The average molecular weight is 270 g/mol. The van der Waals surface area contributed by atoms with Gasteiger partial charge < -0.3 is 14.9 Å². The molecule has 0 radical (unpaired) electrons. The first-order valence-corrected chi connectivity index (χ1v) is 6.20. The Morgan fingerprint density at radius 1 is 1.25 bits per heavy atom. The van der Waals surface area contributed by atoms with Crippen molar-refractivity contribution in [1.29, 1.82) is 0 Å². The molecule has 0 bridgehead atoms. The molecule has 0 spiro atoms. The van der Waals surface area contributed by atoms with Crippen LogP contribution in [0.2, 0.25) is 0 Å². The molecule has 20 heavy (non-hydrogen) atoms. The monoisotopic (exact) mass is 270 g/mol. The number of anilines is 1. The number of oxazole rings is 1. The average Bonchev–Trinajstić information content (AvgIpc) is 2.77. The van der Waals surface area contributed by atoms with Gasteiger partial charge in [0, 0.05) is 17.3 Å². The Hall–Kier alpha value is -2.69. The van der Waals surface area contributed by atoms with Gasteiger partial charge >= 0.3 is 5.76 Å². The zero-order chi connectivity index (χ0) is 14.1. The van der Waals surface area contributed by atoms with Crippen LogP contribution in [0.1, 0.15) is 5.56 Å². The highest BCUT2D eigenvalue weighted by Crippen LogP contribution is 2.23. The van der Waals surface area contributed by atoms with Crippen LogP contribution >= 0.6 is 0 Å². The number of fused-ring (bicyclic) bond motifs is 1. The second-order valence-electron chi connectivity index (χ2n) is 4.49. The second-order valence-corrected chi connectivity index (χ2v) is 4.49. The van der Waals surface area contributed by atoms with Crippen LogP contribution in [-0.4, -0.2) is 11.7 Å². The molecule has 2 aromatic carbocycles. The Kier molecular flexibility index (Phi) is 2.95. The van der Waals surface area contributed by atoms with Gasteiger partial charge in [0.25, 0.3) is 0 Å². The van der Waals surface area contributed by atoms with Gasteiger partial charge in [-0.1, -0.05) is 18.2 Å². The van der Waals surface area contributed by atoms with E-state index in [1.54, 1.807) is 29.9 Å². The van der Waals surface area contributed by atoms with E-state index in [-0.39, 0.29) is 5.76 Å². The summed E-state index contributed by atoms with van der Waals surface area (Å²) in [6.07, 6.45) is 0. The van der Waals surface area contributed by atoms with Gasteiger partial charge in [-0.25, -0.2) is 4.79 Å². The standard InChI is InChI=1S/C15H14N2O3/c1-19-14-8-11(16)7-6-10(14)9-17-12-4-2-3-5-13(12)20-15(17)18/h2-8H,9,16H2,1H3. The van der Waals surface area contributed by atoms with Crippen molar-refractivity contribution in [3.63, 3.8) is 0 Å². The number of rotatable bonds is 3. The molecule has 0 aliphatic rings. The fourth-order valence-corrected chi connectivity index (χ4v) is 2.23. The van der Waals surface area contributed by atoms with E-state index in [0.717, 1.165) is 11.1 Å². The number of nitrogens with zero attached hydrogens (tertiary/aromatic N) is 1. The molecule has 0 unspecified atom stereocenters. The minimum atomic E-state index is -0.384. The predicted molar refractivity (Wildman–Crippen MR) is 77.0 cm³/mol. The molecule has 0 aliphatic carbocycles. The molecular weight excluding hydrogens is 256 g/mol. The molecule has 3 aromatic rings. The SMILES string of the molecule is COc1cc(N)ccc1Cn1c(=O)oc2ccccc21. The van der Waals surface area contributed by atoms with Gasteiger partial charge in [-0.15, -0.1) is 0 Å². The number of para-hydroxylation sites is 2. The van der Waals surface area contributed by atoms with E-state index in [0.29, 0.717) is 23.6 Å². The summed E-state index contributed by atoms with van der Waals surface area (Å²) in [5, 5.41) is 0. The Morgan fingerprint density at radius 3 is 2.85 bits per heavy atom. The third-order valence-corrected chi connectivity index (χ3v) is 3.21. The van der Waals surface area contributed by atoms with Gasteiger partial charge in [-0.05, 0) is 18.2 Å². The molecule has 1 heterocycles. The Labute approximate surface area is 115 Å². The molecule has 0 amide bonds. The first kappa shape index (κ1) is 12.3. The quantitative estimate of drug-likeness (QED) is 0.741. The van der Waals surface area contributed by atoms with E-state index in [1.165, 1.54) is 0 Å². The maximum absolute atomic E-state index is 11.9. The van der Waals surface area contributed by atoms with E-state index in [4.69, 9.17) is 14.9 Å². The molecule has 102 valence electrons. The minimum absolute atomic E-state index is 0.374. The molecule has 5 heteroatoms. The van der Waals surface area contributed by atoms with Crippen molar-refractivity contribution in [1.82, 2.24) is 4.57 Å². The van der Waals surface area contributed by atoms with E-state index in [9.17, 15) is 4.79 Å². The van der Waals surface area contributed by atoms with Crippen LogP contribution in [0.3, 0.4) is 0 Å². The lowest BCUT2D eigenvalue weighted by atomic mass is 10.1. The summed E-state index contributed by atoms with van der Waals surface area (Å²) in [5.41, 5.74) is 8.56. The summed E-state index contributed by atoms with van der Waals surface area (Å²) in [7, 11) is 1.58. The lowest BCUT2D eigenvalue weighted by Gasteiger charge is -2.09. The van der Waals surface area contributed by atoms with Gasteiger partial charge in [0.2, 0.25) is 0 Å². The highest BCUT2D eigenvalue weighted by atomic mass is 16.5. The van der Waals surface area contributed by atoms with Crippen molar-refractivity contribution in [3.8, 4) is 5.75 Å². The Bertz CT molecular complexity index is 817. The van der Waals surface area contributed by atoms with Crippen LogP contribution < -0.4 is 16.2 Å². The van der Waals surface area contributed by atoms with Crippen molar-refractivity contribution in [3.05, 3.63) is 58.6 Å². The van der Waals surface area contributed by atoms with Crippen LogP contribution in [-0.2, 0) is 6.54 Å². The molecule has 5 nitrogen and oxygen atoms in total. The number of hydrogen-bond donors (Lipinski definition) is 1. The minimum Gasteiger partial charge on any atom is -0.496 e. The van der Waals surface area contributed by atoms with Crippen LogP contribution in [0.15, 0.2) is 51.7 Å². The number of benzene rings is 2. The number of ether oxygens (including phenoxy) is 1. The van der Waals surface area contributed by atoms with Crippen molar-refractivity contribution in [2.45, 2.75) is 6.54 Å². The fourth-order valence-electron chi connectivity index (χ4n) is 2.23. The molecular formula is C15H14N2O3. The molecule has 0 saturated heterocycles. The number of aromatic nitrogens is 1. The smallest absolute Gasteiger partial charge is 0.420 e. The molecule has 2 N–H and O–H groups in total. The van der Waals surface area contributed by atoms with Crippen molar-refractivity contribution in [2.75, 3.05) is 12.8 Å². The molecule has 3 rings (SSSR count). The maximum atomic E-state index is 11.9. The van der Waals surface area contributed by atoms with Gasteiger partial charge in [-0.2, -0.15) is 0 Å². The first-order valence-electron chi connectivity index (χ1n) is 6.20. The lowest BCUT2D eigenvalue weighted by molar-refractivity contribution is 0.407. The highest BCUT2D eigenvalue weighted by Gasteiger charge is 2.11. The highest BCUT2D eigenvalue weighted by molar-refractivity contribution is 5.72. The van der Waals surface area contributed by atoms with Gasteiger partial charge in [0.15, 0.2) is 5.58 Å². The normalized spacial score (nSPS) is 10.8. The largest absolute Gasteiger partial charge is 0.496 e. The van der Waals surface area contributed by atoms with E-state index in [1.807, 2.05) is 24.3 Å². The summed E-state index contributed by atoms with van der Waals surface area (Å²) in [4.78, 5) is 11.9. The summed E-state index contributed by atoms with van der Waals surface area (Å²) >= 11 is 0. The predicted octanol–water partition coefficient (Wildman–Crippen LogP) is 2.23. The topological polar surface area (TPSA) is 70.4 Å². The summed E-state index contributed by atoms with van der Waals surface area (Å²) in [5.74, 6) is 0.271. The molecule has 0 atom stereocenters. The number of methoxy groups -OCH3 is 1. The van der Waals surface area contributed by atoms with Crippen LogP contribution in [0.4, 0.5) is 5.69 Å². The van der Waals surface area contributed by atoms with E-state index < -0.39 is 0 Å². The third kappa shape index (κ3) is 2.03. The molecule has 0 fully saturated rings. The van der Waals surface area contributed by atoms with Gasteiger partial charge in [0.05, 0.1) is 19.2 Å². The van der Waals surface area contributed by atoms with Crippen LogP contribution in [0, 0.1) is 0 Å². The van der Waals surface area contributed by atoms with Gasteiger partial charge in [0.1, 0.15) is 5.75 Å². The van der Waals surface area contributed by atoms with Gasteiger partial charge in [-0.3, -0.25) is 4.57 Å². The molecule has 0 aliphatic heterocycles. The maximum Gasteiger partial charge on any atom is 0.420 e. The summed E-state index contributed by atoms with van der Waals surface area (Å²) in [6.45, 7) is 0.374. The third-order valence-electron chi connectivity index (χ3n) is 3.21. The second kappa shape index (κ2) is 4.77. The number of hydrogen-bond acceptors (Lipinski definition) is 4. The van der Waals surface area contributed by atoms with Crippen LogP contribution in [0.25, 0.3) is 11.1 Å². The molecule has 1 aromatic heterocycles. The van der Waals surface area contributed by atoms with Crippen molar-refractivity contribution in [2.24, 2.45) is 0 Å². The fraction of sp³-hybridized carbons (Fsp3) is 0.133. The zero-order valence-corrected chi connectivity index (χ0v) is 11.0. The summed E-state index contributed by atoms with van der Waals surface area (Å²) < 4.78 is 12.1. The zero-order valence-electron chi connectivity index (χ0n) is 11.0. The Balaban J connectivity index is 2.10. The van der Waals surface area contributed by atoms with Crippen molar-refractivity contribution >= 4 is 16.8 Å². The van der Waals surface area contributed by atoms with Crippen molar-refractivity contribution < 1.29 is 9.15 Å². The Morgan fingerprint density at radius 2 is 2.05 bits per heavy atom. The molecule has 0 saturated carbocycles. The summed E-state index contributed by atoms with van der Waals surface area (Å²) in [6, 6.07) is 12.7.